The molecule has 1 atom stereocenters. The fourth-order valence-corrected chi connectivity index (χ4v) is 2.10. The summed E-state index contributed by atoms with van der Waals surface area (Å²) in [6.07, 6.45) is -0.274. The van der Waals surface area contributed by atoms with Crippen LogP contribution in [0.3, 0.4) is 0 Å². The molecule has 22 heavy (non-hydrogen) atoms. The normalized spacial score (nSPS) is 16.8. The highest BCUT2D eigenvalue weighted by atomic mass is 16.6. The first-order valence-electron chi connectivity index (χ1n) is 6.77. The molecule has 2 heterocycles. The van der Waals surface area contributed by atoms with Crippen LogP contribution in [0.5, 0.6) is 5.75 Å². The Morgan fingerprint density at radius 1 is 1.36 bits per heavy atom. The molecule has 7 heteroatoms. The van der Waals surface area contributed by atoms with E-state index >= 15 is 0 Å². The lowest BCUT2D eigenvalue weighted by atomic mass is 10.0. The van der Waals surface area contributed by atoms with Gasteiger partial charge in [0.15, 0.2) is 5.82 Å². The molecular formula is C15H15N3O4. The SMILES string of the molecule is COc1ccc(C2=NO[C@@H](C(=O)Nc3cc(C)on3)C2)cc1. The predicted molar refractivity (Wildman–Crippen MR) is 78.9 cm³/mol. The molecule has 1 aliphatic heterocycles. The number of amides is 1. The van der Waals surface area contributed by atoms with Crippen LogP contribution in [0.15, 0.2) is 40.0 Å². The summed E-state index contributed by atoms with van der Waals surface area (Å²) in [7, 11) is 1.61. The van der Waals surface area contributed by atoms with Crippen molar-refractivity contribution in [3.63, 3.8) is 0 Å². The van der Waals surface area contributed by atoms with E-state index in [0.717, 1.165) is 17.0 Å². The summed E-state index contributed by atoms with van der Waals surface area (Å²) in [5.74, 6) is 1.45. The first-order chi connectivity index (χ1) is 10.7. The van der Waals surface area contributed by atoms with Crippen LogP contribution in [0.2, 0.25) is 0 Å². The van der Waals surface area contributed by atoms with Crippen molar-refractivity contribution in [1.82, 2.24) is 5.16 Å². The molecule has 2 aromatic rings. The molecule has 0 fully saturated rings. The Kier molecular flexibility index (Phi) is 3.78. The summed E-state index contributed by atoms with van der Waals surface area (Å²) < 4.78 is 10.0. The van der Waals surface area contributed by atoms with Crippen LogP contribution in [0.25, 0.3) is 0 Å². The van der Waals surface area contributed by atoms with E-state index in [1.54, 1.807) is 20.1 Å². The number of nitrogens with one attached hydrogen (secondary N) is 1. The highest BCUT2D eigenvalue weighted by Crippen LogP contribution is 2.20. The lowest BCUT2D eigenvalue weighted by Gasteiger charge is -2.06. The van der Waals surface area contributed by atoms with Gasteiger partial charge in [-0.1, -0.05) is 10.3 Å². The molecule has 0 unspecified atom stereocenters. The molecule has 0 radical (unpaired) electrons. The van der Waals surface area contributed by atoms with Crippen molar-refractivity contribution in [3.8, 4) is 5.75 Å². The second-order valence-corrected chi connectivity index (χ2v) is 4.88. The second kappa shape index (κ2) is 5.88. The van der Waals surface area contributed by atoms with Gasteiger partial charge in [-0.15, -0.1) is 0 Å². The van der Waals surface area contributed by atoms with Crippen LogP contribution in [0.1, 0.15) is 17.7 Å². The lowest BCUT2D eigenvalue weighted by molar-refractivity contribution is -0.125. The maximum atomic E-state index is 12.1. The van der Waals surface area contributed by atoms with Gasteiger partial charge < -0.3 is 19.4 Å². The van der Waals surface area contributed by atoms with Gasteiger partial charge in [-0.05, 0) is 36.8 Å². The van der Waals surface area contributed by atoms with Gasteiger partial charge in [0.1, 0.15) is 11.5 Å². The van der Waals surface area contributed by atoms with Crippen molar-refractivity contribution in [2.45, 2.75) is 19.4 Å². The lowest BCUT2D eigenvalue weighted by Crippen LogP contribution is -2.28. The number of carbonyl (C=O) groups is 1. The van der Waals surface area contributed by atoms with Crippen LogP contribution in [-0.4, -0.2) is 30.0 Å². The molecule has 3 rings (SSSR count). The molecule has 1 aliphatic rings. The number of aromatic nitrogens is 1. The number of hydrogen-bond acceptors (Lipinski definition) is 6. The quantitative estimate of drug-likeness (QED) is 0.934. The average Bonchev–Trinajstić information content (AvgIpc) is 3.17. The monoisotopic (exact) mass is 301 g/mol. The molecule has 1 N–H and O–H groups in total. The average molecular weight is 301 g/mol. The number of carbonyl (C=O) groups excluding carboxylic acids is 1. The van der Waals surface area contributed by atoms with E-state index in [4.69, 9.17) is 14.1 Å². The number of nitrogens with zero attached hydrogens (tertiary/aromatic N) is 2. The van der Waals surface area contributed by atoms with E-state index in [1.165, 1.54) is 0 Å². The number of ether oxygens (including phenoxy) is 1. The summed E-state index contributed by atoms with van der Waals surface area (Å²) in [6.45, 7) is 1.75. The Morgan fingerprint density at radius 2 is 2.14 bits per heavy atom. The van der Waals surface area contributed by atoms with Gasteiger partial charge in [-0.25, -0.2) is 0 Å². The molecule has 1 aromatic heterocycles. The van der Waals surface area contributed by atoms with Crippen molar-refractivity contribution < 1.29 is 18.9 Å². The summed E-state index contributed by atoms with van der Waals surface area (Å²) >= 11 is 0. The zero-order chi connectivity index (χ0) is 15.5. The Morgan fingerprint density at radius 3 is 2.77 bits per heavy atom. The highest BCUT2D eigenvalue weighted by Gasteiger charge is 2.29. The molecular weight excluding hydrogens is 286 g/mol. The Hall–Kier alpha value is -2.83. The molecule has 7 nitrogen and oxygen atoms in total. The number of methoxy groups -OCH3 is 1. The van der Waals surface area contributed by atoms with Gasteiger partial charge in [-0.3, -0.25) is 4.79 Å². The third-order valence-corrected chi connectivity index (χ3v) is 3.26. The fraction of sp³-hybridized carbons (Fsp3) is 0.267. The molecule has 0 aliphatic carbocycles. The zero-order valence-electron chi connectivity index (χ0n) is 12.2. The Labute approximate surface area is 126 Å². The minimum atomic E-state index is -0.672. The van der Waals surface area contributed by atoms with Crippen LogP contribution in [-0.2, 0) is 9.63 Å². The van der Waals surface area contributed by atoms with Crippen molar-refractivity contribution in [1.29, 1.82) is 0 Å². The van der Waals surface area contributed by atoms with Gasteiger partial charge >= 0.3 is 0 Å². The second-order valence-electron chi connectivity index (χ2n) is 4.88. The van der Waals surface area contributed by atoms with Gasteiger partial charge in [0.2, 0.25) is 6.10 Å². The Balaban J connectivity index is 1.61. The van der Waals surface area contributed by atoms with Gasteiger partial charge in [0.25, 0.3) is 5.91 Å². The van der Waals surface area contributed by atoms with E-state index in [-0.39, 0.29) is 5.91 Å². The highest BCUT2D eigenvalue weighted by molar-refractivity contribution is 6.06. The predicted octanol–water partition coefficient (Wildman–Crippen LogP) is 2.12. The van der Waals surface area contributed by atoms with Crippen molar-refractivity contribution in [2.24, 2.45) is 5.16 Å². The number of anilines is 1. The van der Waals surface area contributed by atoms with Crippen LogP contribution in [0, 0.1) is 6.92 Å². The largest absolute Gasteiger partial charge is 0.497 e. The third kappa shape index (κ3) is 2.93. The number of benzene rings is 1. The van der Waals surface area contributed by atoms with E-state index in [1.807, 2.05) is 24.3 Å². The topological polar surface area (TPSA) is 86.0 Å². The van der Waals surface area contributed by atoms with Gasteiger partial charge in [0.05, 0.1) is 12.8 Å². The van der Waals surface area contributed by atoms with Crippen molar-refractivity contribution >= 4 is 17.4 Å². The Bertz CT molecular complexity index is 706. The van der Waals surface area contributed by atoms with E-state index in [9.17, 15) is 4.79 Å². The summed E-state index contributed by atoms with van der Waals surface area (Å²) in [4.78, 5) is 17.3. The summed E-state index contributed by atoms with van der Waals surface area (Å²) in [5.41, 5.74) is 1.62. The van der Waals surface area contributed by atoms with Crippen LogP contribution >= 0.6 is 0 Å². The maximum Gasteiger partial charge on any atom is 0.269 e. The van der Waals surface area contributed by atoms with Gasteiger partial charge in [-0.2, -0.15) is 0 Å². The van der Waals surface area contributed by atoms with Gasteiger partial charge in [0, 0.05) is 12.5 Å². The number of hydrogen-bond donors (Lipinski definition) is 1. The maximum absolute atomic E-state index is 12.1. The molecule has 1 amide bonds. The molecule has 0 saturated heterocycles. The minimum absolute atomic E-state index is 0.305. The molecule has 0 bridgehead atoms. The number of oxime groups is 1. The number of aryl methyl sites for hydroxylation is 1. The third-order valence-electron chi connectivity index (χ3n) is 3.26. The summed E-state index contributed by atoms with van der Waals surface area (Å²) in [5, 5.41) is 10.3. The molecule has 1 aromatic carbocycles. The smallest absolute Gasteiger partial charge is 0.269 e. The standard InChI is InChI=1S/C15H15N3O4/c1-9-7-14(18-21-9)16-15(19)13-8-12(17-22-13)10-3-5-11(20-2)6-4-10/h3-7,13H,8H2,1-2H3,(H,16,18,19)/t13-/m1/s1. The summed E-state index contributed by atoms with van der Waals surface area (Å²) in [6, 6.07) is 9.07. The molecule has 0 saturated carbocycles. The van der Waals surface area contributed by atoms with Crippen LogP contribution in [0.4, 0.5) is 5.82 Å². The van der Waals surface area contributed by atoms with Crippen molar-refractivity contribution in [2.75, 3.05) is 12.4 Å². The fourth-order valence-electron chi connectivity index (χ4n) is 2.10. The first-order valence-corrected chi connectivity index (χ1v) is 6.77. The first kappa shape index (κ1) is 14.1. The minimum Gasteiger partial charge on any atom is -0.497 e. The van der Waals surface area contributed by atoms with E-state index in [2.05, 4.69) is 15.6 Å². The van der Waals surface area contributed by atoms with E-state index in [0.29, 0.717) is 18.0 Å². The molecule has 114 valence electrons. The molecule has 0 spiro atoms. The zero-order valence-corrected chi connectivity index (χ0v) is 12.2. The van der Waals surface area contributed by atoms with Crippen LogP contribution < -0.4 is 10.1 Å². The number of rotatable bonds is 4. The van der Waals surface area contributed by atoms with Crippen molar-refractivity contribution in [3.05, 3.63) is 41.7 Å². The van der Waals surface area contributed by atoms with E-state index < -0.39 is 6.10 Å².